The second-order valence-electron chi connectivity index (χ2n) is 8.58. The number of hydrogen-bond acceptors (Lipinski definition) is 4. The van der Waals surface area contributed by atoms with E-state index < -0.39 is 29.4 Å². The smallest absolute Gasteiger partial charge is 0.328 e. The van der Waals surface area contributed by atoms with Crippen molar-refractivity contribution in [2.75, 3.05) is 18.5 Å². The standard InChI is InChI=1S/C25H26N4O4/c1-4-33-17-11-9-16(10-12-17)26-22(30)15(2)29-23(31)25(3)21-19(13-14-28(25)24(29)32)18-7-5-6-8-20(18)27-21/h5-12,15,27H,4,13-14H2,1-3H3,(H,26,30). The summed E-state index contributed by atoms with van der Waals surface area (Å²) in [5, 5.41) is 3.86. The van der Waals surface area contributed by atoms with Crippen LogP contribution in [0.15, 0.2) is 48.5 Å². The van der Waals surface area contributed by atoms with Gasteiger partial charge in [-0.1, -0.05) is 18.2 Å². The molecule has 0 spiro atoms. The van der Waals surface area contributed by atoms with Crippen LogP contribution in [-0.2, 0) is 21.5 Å². The number of nitrogens with one attached hydrogen (secondary N) is 2. The number of imide groups is 1. The SMILES string of the molecule is CCOc1ccc(NC(=O)C(C)N2C(=O)N3CCc4c([nH]c5ccccc45)C3(C)C2=O)cc1. The van der Waals surface area contributed by atoms with Crippen LogP contribution in [0.3, 0.4) is 0 Å². The number of ether oxygens (including phenoxy) is 1. The lowest BCUT2D eigenvalue weighted by molar-refractivity contribution is -0.137. The summed E-state index contributed by atoms with van der Waals surface area (Å²) >= 11 is 0. The van der Waals surface area contributed by atoms with Gasteiger partial charge < -0.3 is 19.9 Å². The van der Waals surface area contributed by atoms with Gasteiger partial charge in [0.25, 0.3) is 5.91 Å². The summed E-state index contributed by atoms with van der Waals surface area (Å²) in [4.78, 5) is 46.0. The molecule has 2 atom stereocenters. The average molecular weight is 447 g/mol. The topological polar surface area (TPSA) is 94.7 Å². The predicted molar refractivity (Wildman–Crippen MR) is 124 cm³/mol. The Morgan fingerprint density at radius 1 is 1.18 bits per heavy atom. The minimum atomic E-state index is -1.17. The van der Waals surface area contributed by atoms with E-state index in [9.17, 15) is 14.4 Å². The van der Waals surface area contributed by atoms with Crippen molar-refractivity contribution in [1.82, 2.24) is 14.8 Å². The normalized spacial score (nSPS) is 20.6. The number of hydrogen-bond donors (Lipinski definition) is 2. The van der Waals surface area contributed by atoms with Crippen molar-refractivity contribution in [3.05, 3.63) is 59.8 Å². The fraction of sp³-hybridized carbons (Fsp3) is 0.320. The Labute approximate surface area is 191 Å². The maximum absolute atomic E-state index is 13.7. The van der Waals surface area contributed by atoms with Crippen LogP contribution >= 0.6 is 0 Å². The minimum Gasteiger partial charge on any atom is -0.494 e. The molecule has 33 heavy (non-hydrogen) atoms. The van der Waals surface area contributed by atoms with Crippen molar-refractivity contribution in [1.29, 1.82) is 0 Å². The number of H-pyrrole nitrogens is 1. The van der Waals surface area contributed by atoms with E-state index in [-0.39, 0.29) is 0 Å². The summed E-state index contributed by atoms with van der Waals surface area (Å²) in [6.07, 6.45) is 0.647. The Balaban J connectivity index is 1.42. The summed E-state index contributed by atoms with van der Waals surface area (Å²) in [7, 11) is 0. The molecule has 2 aliphatic heterocycles. The second kappa shape index (κ2) is 7.65. The molecule has 2 unspecified atom stereocenters. The number of para-hydroxylation sites is 1. The first-order chi connectivity index (χ1) is 15.9. The van der Waals surface area contributed by atoms with Gasteiger partial charge in [0.15, 0.2) is 5.54 Å². The third-order valence-electron chi connectivity index (χ3n) is 6.70. The zero-order valence-electron chi connectivity index (χ0n) is 18.8. The van der Waals surface area contributed by atoms with E-state index in [4.69, 9.17) is 4.74 Å². The molecule has 3 aromatic rings. The molecule has 1 fully saturated rings. The van der Waals surface area contributed by atoms with Gasteiger partial charge >= 0.3 is 6.03 Å². The van der Waals surface area contributed by atoms with Gasteiger partial charge in [-0.2, -0.15) is 0 Å². The Hall–Kier alpha value is -3.81. The van der Waals surface area contributed by atoms with Crippen LogP contribution in [-0.4, -0.2) is 51.8 Å². The fourth-order valence-electron chi connectivity index (χ4n) is 4.92. The molecule has 2 aromatic carbocycles. The number of nitrogens with zero attached hydrogens (tertiary/aromatic N) is 2. The number of fused-ring (bicyclic) bond motifs is 5. The highest BCUT2D eigenvalue weighted by molar-refractivity contribution is 6.12. The Kier molecular flexibility index (Phi) is 4.88. The first-order valence-corrected chi connectivity index (χ1v) is 11.1. The lowest BCUT2D eigenvalue weighted by atomic mass is 9.87. The van der Waals surface area contributed by atoms with Gasteiger partial charge in [-0.3, -0.25) is 9.59 Å². The highest BCUT2D eigenvalue weighted by atomic mass is 16.5. The van der Waals surface area contributed by atoms with Crippen LogP contribution in [0.4, 0.5) is 10.5 Å². The van der Waals surface area contributed by atoms with E-state index in [0.717, 1.165) is 27.1 Å². The molecule has 8 heteroatoms. The minimum absolute atomic E-state index is 0.394. The van der Waals surface area contributed by atoms with Gasteiger partial charge in [-0.15, -0.1) is 0 Å². The Bertz CT molecular complexity index is 1270. The molecule has 0 saturated carbocycles. The van der Waals surface area contributed by atoms with Crippen LogP contribution in [0, 0.1) is 0 Å². The maximum Gasteiger partial charge on any atom is 0.328 e. The van der Waals surface area contributed by atoms with Crippen molar-refractivity contribution in [2.45, 2.75) is 38.8 Å². The van der Waals surface area contributed by atoms with Gasteiger partial charge in [-0.25, -0.2) is 9.69 Å². The summed E-state index contributed by atoms with van der Waals surface area (Å²) in [5.74, 6) is -0.122. The summed E-state index contributed by atoms with van der Waals surface area (Å²) in [6.45, 7) is 6.20. The molecular weight excluding hydrogens is 420 g/mol. The van der Waals surface area contributed by atoms with Crippen LogP contribution in [0.25, 0.3) is 10.9 Å². The molecule has 2 N–H and O–H groups in total. The number of aromatic nitrogens is 1. The molecule has 2 aliphatic rings. The first kappa shape index (κ1) is 21.1. The maximum atomic E-state index is 13.7. The summed E-state index contributed by atoms with van der Waals surface area (Å²) in [5.41, 5.74) is 2.12. The van der Waals surface area contributed by atoms with Gasteiger partial charge in [0.05, 0.1) is 12.3 Å². The third kappa shape index (κ3) is 3.08. The van der Waals surface area contributed by atoms with Gasteiger partial charge in [0.1, 0.15) is 11.8 Å². The van der Waals surface area contributed by atoms with E-state index in [1.165, 1.54) is 0 Å². The number of carbonyl (C=O) groups is 3. The monoisotopic (exact) mass is 446 g/mol. The number of benzene rings is 2. The quantitative estimate of drug-likeness (QED) is 0.585. The molecule has 0 radical (unpaired) electrons. The van der Waals surface area contributed by atoms with Crippen LogP contribution in [0.2, 0.25) is 0 Å². The van der Waals surface area contributed by atoms with E-state index in [1.54, 1.807) is 43.0 Å². The Morgan fingerprint density at radius 2 is 1.91 bits per heavy atom. The van der Waals surface area contributed by atoms with Gasteiger partial charge in [0, 0.05) is 23.1 Å². The number of amides is 4. The number of anilines is 1. The largest absolute Gasteiger partial charge is 0.494 e. The number of rotatable bonds is 5. The van der Waals surface area contributed by atoms with Gasteiger partial charge in [0.2, 0.25) is 5.91 Å². The van der Waals surface area contributed by atoms with Crippen molar-refractivity contribution < 1.29 is 19.1 Å². The van der Waals surface area contributed by atoms with Crippen LogP contribution < -0.4 is 10.1 Å². The molecule has 5 rings (SSSR count). The summed E-state index contributed by atoms with van der Waals surface area (Å²) in [6, 6.07) is 13.5. The van der Waals surface area contributed by atoms with E-state index in [1.807, 2.05) is 31.2 Å². The highest BCUT2D eigenvalue weighted by Crippen LogP contribution is 2.44. The number of urea groups is 1. The summed E-state index contributed by atoms with van der Waals surface area (Å²) < 4.78 is 5.42. The molecule has 8 nitrogen and oxygen atoms in total. The molecule has 1 saturated heterocycles. The molecular formula is C25H26N4O4. The van der Waals surface area contributed by atoms with E-state index in [2.05, 4.69) is 10.3 Å². The van der Waals surface area contributed by atoms with Crippen LogP contribution in [0.5, 0.6) is 5.75 Å². The third-order valence-corrected chi connectivity index (χ3v) is 6.70. The number of carbonyl (C=O) groups excluding carboxylic acids is 3. The first-order valence-electron chi connectivity index (χ1n) is 11.1. The molecule has 0 aliphatic carbocycles. The zero-order valence-corrected chi connectivity index (χ0v) is 18.8. The molecule has 3 heterocycles. The number of aromatic amines is 1. The van der Waals surface area contributed by atoms with Crippen LogP contribution in [0.1, 0.15) is 32.0 Å². The van der Waals surface area contributed by atoms with E-state index in [0.29, 0.717) is 31.0 Å². The molecule has 170 valence electrons. The molecule has 1 aromatic heterocycles. The predicted octanol–water partition coefficient (Wildman–Crippen LogP) is 3.63. The van der Waals surface area contributed by atoms with Crippen molar-refractivity contribution in [2.24, 2.45) is 0 Å². The highest BCUT2D eigenvalue weighted by Gasteiger charge is 2.60. The fourth-order valence-corrected chi connectivity index (χ4v) is 4.92. The Morgan fingerprint density at radius 3 is 2.64 bits per heavy atom. The average Bonchev–Trinajstić information content (AvgIpc) is 3.29. The second-order valence-corrected chi connectivity index (χ2v) is 8.58. The lowest BCUT2D eigenvalue weighted by Gasteiger charge is -2.36. The van der Waals surface area contributed by atoms with Crippen molar-refractivity contribution in [3.63, 3.8) is 0 Å². The van der Waals surface area contributed by atoms with Gasteiger partial charge in [-0.05, 0) is 63.1 Å². The molecule has 4 amide bonds. The zero-order chi connectivity index (χ0) is 23.3. The van der Waals surface area contributed by atoms with Crippen molar-refractivity contribution in [3.8, 4) is 5.75 Å². The van der Waals surface area contributed by atoms with Crippen molar-refractivity contribution >= 4 is 34.4 Å². The molecule has 0 bridgehead atoms. The lowest BCUT2D eigenvalue weighted by Crippen LogP contribution is -2.49. The van der Waals surface area contributed by atoms with E-state index >= 15 is 0 Å².